The van der Waals surface area contributed by atoms with E-state index >= 15 is 0 Å². The third kappa shape index (κ3) is 4.41. The van der Waals surface area contributed by atoms with Crippen molar-refractivity contribution in [2.24, 2.45) is 4.40 Å². The van der Waals surface area contributed by atoms with Gasteiger partial charge in [-0.3, -0.25) is 4.79 Å². The molecular weight excluding hydrogens is 322 g/mol. The second-order valence-electron chi connectivity index (χ2n) is 5.19. The number of amides is 1. The smallest absolute Gasteiger partial charge is 0.340 e. The minimum absolute atomic E-state index is 0.112. The number of nitrogens with one attached hydrogen (secondary N) is 1. The molecule has 0 saturated carbocycles. The fourth-order valence-corrected chi connectivity index (χ4v) is 2.97. The van der Waals surface area contributed by atoms with Crippen molar-refractivity contribution in [3.05, 3.63) is 23.9 Å². The molecular formula is C14H19N3O5S. The van der Waals surface area contributed by atoms with E-state index in [1.807, 2.05) is 6.92 Å². The molecule has 0 saturated heterocycles. The number of nitrogens with zero attached hydrogens (tertiary/aromatic N) is 2. The lowest BCUT2D eigenvalue weighted by molar-refractivity contribution is -0.150. The molecule has 8 nitrogen and oxygen atoms in total. The molecule has 0 aromatic rings. The van der Waals surface area contributed by atoms with Crippen LogP contribution in [-0.4, -0.2) is 56.0 Å². The highest BCUT2D eigenvalue weighted by Crippen LogP contribution is 2.17. The average molecular weight is 341 g/mol. The van der Waals surface area contributed by atoms with Crippen LogP contribution in [0.15, 0.2) is 28.3 Å². The lowest BCUT2D eigenvalue weighted by Gasteiger charge is -2.27. The standard InChI is InChI=1S/C14H19N3O5S/c1-3-6-15-13(18)10(2)22-14(19)11-4-5-12-16-23(20,21)8-7-17(12)9-11/h4-5,9-10H,3,6-8H2,1-2H3,(H,15,18). The Balaban J connectivity index is 2.01. The molecule has 0 aromatic heterocycles. The second-order valence-corrected chi connectivity index (χ2v) is 6.94. The number of carbonyl (C=O) groups excluding carboxylic acids is 2. The van der Waals surface area contributed by atoms with Crippen molar-refractivity contribution >= 4 is 27.7 Å². The van der Waals surface area contributed by atoms with Gasteiger partial charge in [0.05, 0.1) is 11.3 Å². The summed E-state index contributed by atoms with van der Waals surface area (Å²) in [5.41, 5.74) is 0.235. The summed E-state index contributed by atoms with van der Waals surface area (Å²) in [4.78, 5) is 25.3. The molecule has 0 fully saturated rings. The van der Waals surface area contributed by atoms with Gasteiger partial charge in [-0.15, -0.1) is 4.40 Å². The number of amidine groups is 1. The van der Waals surface area contributed by atoms with Crippen molar-refractivity contribution in [2.75, 3.05) is 18.8 Å². The molecule has 1 atom stereocenters. The molecule has 1 N–H and O–H groups in total. The molecule has 2 aliphatic heterocycles. The van der Waals surface area contributed by atoms with E-state index in [0.29, 0.717) is 6.54 Å². The molecule has 2 heterocycles. The number of hydrogen-bond donors (Lipinski definition) is 1. The molecule has 2 rings (SSSR count). The van der Waals surface area contributed by atoms with Gasteiger partial charge in [0.15, 0.2) is 6.10 Å². The Morgan fingerprint density at radius 1 is 1.43 bits per heavy atom. The first-order chi connectivity index (χ1) is 10.8. The van der Waals surface area contributed by atoms with E-state index in [1.54, 1.807) is 4.90 Å². The molecule has 126 valence electrons. The van der Waals surface area contributed by atoms with Crippen LogP contribution in [0.1, 0.15) is 20.3 Å². The van der Waals surface area contributed by atoms with Gasteiger partial charge in [0, 0.05) is 19.3 Å². The predicted octanol–water partition coefficient (Wildman–Crippen LogP) is -0.0581. The Bertz CT molecular complexity index is 693. The Morgan fingerprint density at radius 3 is 2.87 bits per heavy atom. The zero-order valence-corrected chi connectivity index (χ0v) is 13.8. The van der Waals surface area contributed by atoms with Crippen molar-refractivity contribution < 1.29 is 22.7 Å². The highest BCUT2D eigenvalue weighted by molar-refractivity contribution is 7.90. The van der Waals surface area contributed by atoms with E-state index in [1.165, 1.54) is 25.3 Å². The molecule has 0 spiro atoms. The van der Waals surface area contributed by atoms with Gasteiger partial charge >= 0.3 is 5.97 Å². The highest BCUT2D eigenvalue weighted by atomic mass is 32.2. The number of rotatable bonds is 5. The van der Waals surface area contributed by atoms with Crippen molar-refractivity contribution in [1.82, 2.24) is 10.2 Å². The van der Waals surface area contributed by atoms with Gasteiger partial charge in [-0.05, 0) is 25.5 Å². The fourth-order valence-electron chi connectivity index (χ4n) is 2.00. The first-order valence-corrected chi connectivity index (χ1v) is 8.91. The zero-order chi connectivity index (χ0) is 17.0. The van der Waals surface area contributed by atoms with Crippen LogP contribution in [0.4, 0.5) is 0 Å². The van der Waals surface area contributed by atoms with E-state index in [0.717, 1.165) is 6.42 Å². The van der Waals surface area contributed by atoms with Gasteiger partial charge in [-0.2, -0.15) is 0 Å². The maximum absolute atomic E-state index is 12.1. The third-order valence-corrected chi connectivity index (χ3v) is 4.43. The fraction of sp³-hybridized carbons (Fsp3) is 0.500. The molecule has 2 aliphatic rings. The van der Waals surface area contributed by atoms with Crippen molar-refractivity contribution in [2.45, 2.75) is 26.4 Å². The minimum atomic E-state index is -3.43. The summed E-state index contributed by atoms with van der Waals surface area (Å²) in [6, 6.07) is 0. The molecule has 1 amide bonds. The number of sulfonamides is 1. The molecule has 1 unspecified atom stereocenters. The summed E-state index contributed by atoms with van der Waals surface area (Å²) in [6.45, 7) is 4.16. The average Bonchev–Trinajstić information content (AvgIpc) is 2.51. The molecule has 0 radical (unpaired) electrons. The van der Waals surface area contributed by atoms with Crippen molar-refractivity contribution in [1.29, 1.82) is 0 Å². The maximum atomic E-state index is 12.1. The van der Waals surface area contributed by atoms with E-state index in [9.17, 15) is 18.0 Å². The molecule has 0 aliphatic carbocycles. The Hall–Kier alpha value is -2.16. The van der Waals surface area contributed by atoms with Gasteiger partial charge < -0.3 is 15.0 Å². The monoisotopic (exact) mass is 341 g/mol. The van der Waals surface area contributed by atoms with E-state index in [4.69, 9.17) is 4.74 Å². The van der Waals surface area contributed by atoms with Crippen LogP contribution in [0.25, 0.3) is 0 Å². The largest absolute Gasteiger partial charge is 0.449 e. The van der Waals surface area contributed by atoms with Crippen LogP contribution in [0.3, 0.4) is 0 Å². The summed E-state index contributed by atoms with van der Waals surface area (Å²) < 4.78 is 31.6. The number of hydrogen-bond acceptors (Lipinski definition) is 6. The van der Waals surface area contributed by atoms with Gasteiger partial charge in [-0.1, -0.05) is 6.92 Å². The molecule has 0 bridgehead atoms. The predicted molar refractivity (Wildman–Crippen MR) is 84.0 cm³/mol. The molecule has 0 aromatic carbocycles. The summed E-state index contributed by atoms with van der Waals surface area (Å²) in [7, 11) is -3.43. The Labute approximate surface area is 134 Å². The third-order valence-electron chi connectivity index (χ3n) is 3.26. The molecule has 23 heavy (non-hydrogen) atoms. The number of fused-ring (bicyclic) bond motifs is 1. The first-order valence-electron chi connectivity index (χ1n) is 7.30. The number of ether oxygens (including phenoxy) is 1. The number of carbonyl (C=O) groups is 2. The lowest BCUT2D eigenvalue weighted by atomic mass is 10.2. The van der Waals surface area contributed by atoms with Crippen molar-refractivity contribution in [3.8, 4) is 0 Å². The first kappa shape index (κ1) is 17.2. The van der Waals surface area contributed by atoms with Crippen LogP contribution >= 0.6 is 0 Å². The second kappa shape index (κ2) is 6.95. The van der Waals surface area contributed by atoms with Gasteiger partial charge in [-0.25, -0.2) is 13.2 Å². The maximum Gasteiger partial charge on any atom is 0.340 e. The Morgan fingerprint density at radius 2 is 2.17 bits per heavy atom. The normalized spacial score (nSPS) is 20.0. The van der Waals surface area contributed by atoms with Crippen LogP contribution in [0.5, 0.6) is 0 Å². The quantitative estimate of drug-likeness (QED) is 0.703. The van der Waals surface area contributed by atoms with Crippen LogP contribution in [0.2, 0.25) is 0 Å². The minimum Gasteiger partial charge on any atom is -0.449 e. The van der Waals surface area contributed by atoms with Gasteiger partial charge in [0.2, 0.25) is 0 Å². The molecule has 9 heteroatoms. The van der Waals surface area contributed by atoms with Crippen LogP contribution in [-0.2, 0) is 24.3 Å². The summed E-state index contributed by atoms with van der Waals surface area (Å²) in [5, 5.41) is 2.64. The Kier molecular flexibility index (Phi) is 5.19. The topological polar surface area (TPSA) is 105 Å². The van der Waals surface area contributed by atoms with Crippen molar-refractivity contribution in [3.63, 3.8) is 0 Å². The SMILES string of the molecule is CCCNC(=O)C(C)OC(=O)C1=CN2CCS(=O)(=O)N=C2C=C1. The number of esters is 1. The zero-order valence-electron chi connectivity index (χ0n) is 13.0. The summed E-state index contributed by atoms with van der Waals surface area (Å²) in [6.07, 6.45) is 4.23. The van der Waals surface area contributed by atoms with Crippen LogP contribution in [0, 0.1) is 0 Å². The lowest BCUT2D eigenvalue weighted by Crippen LogP contribution is -2.38. The summed E-state index contributed by atoms with van der Waals surface area (Å²) in [5.74, 6) is -0.847. The van der Waals surface area contributed by atoms with Crippen LogP contribution < -0.4 is 5.32 Å². The van der Waals surface area contributed by atoms with Gasteiger partial charge in [0.25, 0.3) is 15.9 Å². The highest BCUT2D eigenvalue weighted by Gasteiger charge is 2.26. The summed E-state index contributed by atoms with van der Waals surface area (Å²) >= 11 is 0. The van der Waals surface area contributed by atoms with E-state index in [-0.39, 0.29) is 29.6 Å². The van der Waals surface area contributed by atoms with E-state index < -0.39 is 22.1 Å². The van der Waals surface area contributed by atoms with Gasteiger partial charge in [0.1, 0.15) is 5.84 Å². The van der Waals surface area contributed by atoms with E-state index in [2.05, 4.69) is 9.71 Å².